The molecule has 1 saturated carbocycles. The van der Waals surface area contributed by atoms with Crippen LogP contribution in [-0.4, -0.2) is 36.3 Å². The van der Waals surface area contributed by atoms with Crippen molar-refractivity contribution in [3.05, 3.63) is 59.7 Å². The number of nitrogens with two attached hydrogens (primary N) is 1. The molecule has 1 aliphatic carbocycles. The quantitative estimate of drug-likeness (QED) is 0.308. The number of benzene rings is 2. The van der Waals surface area contributed by atoms with Crippen molar-refractivity contribution >= 4 is 35.2 Å². The molecule has 7 nitrogen and oxygen atoms in total. The normalized spacial score (nSPS) is 19.3. The van der Waals surface area contributed by atoms with Crippen LogP contribution in [0, 0.1) is 11.8 Å². The molecule has 0 radical (unpaired) electrons. The van der Waals surface area contributed by atoms with Crippen molar-refractivity contribution in [2.24, 2.45) is 17.6 Å². The number of nitrogens with one attached hydrogen (secondary N) is 1. The Morgan fingerprint density at radius 2 is 1.73 bits per heavy atom. The minimum Gasteiger partial charge on any atom is -0.497 e. The monoisotopic (exact) mass is 557 g/mol. The average Bonchev–Trinajstić information content (AvgIpc) is 3.18. The molecule has 1 atom stereocenters. The predicted octanol–water partition coefficient (Wildman–Crippen LogP) is 5.77. The van der Waals surface area contributed by atoms with Gasteiger partial charge in [0, 0.05) is 17.8 Å². The lowest BCUT2D eigenvalue weighted by atomic mass is 9.78. The molecular weight excluding hydrogens is 513 g/mol. The minimum atomic E-state index is -0.453. The third kappa shape index (κ3) is 6.70. The fraction of sp³-hybridized carbons (Fsp3) is 0.515. The lowest BCUT2D eigenvalue weighted by Gasteiger charge is -2.32. The Morgan fingerprint density at radius 1 is 1.05 bits per heavy atom. The van der Waals surface area contributed by atoms with Gasteiger partial charge in [0.25, 0.3) is 0 Å². The van der Waals surface area contributed by atoms with Crippen LogP contribution in [0.25, 0.3) is 10.9 Å². The first-order valence-corrected chi connectivity index (χ1v) is 15.0. The molecule has 218 valence electrons. The van der Waals surface area contributed by atoms with Crippen LogP contribution in [-0.2, 0) is 27.1 Å². The van der Waals surface area contributed by atoms with Crippen molar-refractivity contribution in [1.29, 1.82) is 0 Å². The Labute approximate surface area is 244 Å². The maximum atomic E-state index is 12.7. The molecule has 3 N–H and O–H groups in total. The summed E-state index contributed by atoms with van der Waals surface area (Å²) in [6.07, 6.45) is 7.52. The second kappa shape index (κ2) is 12.0. The topological polar surface area (TPSA) is 95.7 Å². The summed E-state index contributed by atoms with van der Waals surface area (Å²) in [6, 6.07) is 16.3. The molecule has 1 unspecified atom stereocenters. The highest BCUT2D eigenvalue weighted by Gasteiger charge is 2.51. The number of anilines is 1. The molecular formula is C33H44BN3O4. The Morgan fingerprint density at radius 3 is 2.37 bits per heavy atom. The lowest BCUT2D eigenvalue weighted by Crippen LogP contribution is -2.41. The van der Waals surface area contributed by atoms with E-state index in [1.165, 1.54) is 32.1 Å². The molecule has 1 saturated heterocycles. The number of carbonyl (C=O) groups is 1. The lowest BCUT2D eigenvalue weighted by molar-refractivity contribution is -0.122. The zero-order valence-corrected chi connectivity index (χ0v) is 25.2. The third-order valence-corrected chi connectivity index (χ3v) is 9.27. The maximum absolute atomic E-state index is 12.7. The highest BCUT2D eigenvalue weighted by molar-refractivity contribution is 6.62. The van der Waals surface area contributed by atoms with E-state index in [1.807, 2.05) is 36.4 Å². The molecule has 41 heavy (non-hydrogen) atoms. The van der Waals surface area contributed by atoms with Gasteiger partial charge in [-0.25, -0.2) is 4.98 Å². The molecule has 1 aliphatic heterocycles. The molecule has 0 spiro atoms. The largest absolute Gasteiger partial charge is 0.497 e. The first-order valence-electron chi connectivity index (χ1n) is 15.0. The van der Waals surface area contributed by atoms with Gasteiger partial charge in [0.1, 0.15) is 11.6 Å². The second-order valence-corrected chi connectivity index (χ2v) is 12.8. The Balaban J connectivity index is 1.45. The molecule has 2 fully saturated rings. The maximum Gasteiger partial charge on any atom is 0.494 e. The Kier molecular flexibility index (Phi) is 8.62. The highest BCUT2D eigenvalue weighted by Crippen LogP contribution is 2.37. The highest BCUT2D eigenvalue weighted by atomic mass is 16.7. The molecule has 8 heteroatoms. The first kappa shape index (κ1) is 29.4. The van der Waals surface area contributed by atoms with E-state index in [0.717, 1.165) is 45.5 Å². The van der Waals surface area contributed by atoms with Gasteiger partial charge in [0.05, 0.1) is 23.8 Å². The summed E-state index contributed by atoms with van der Waals surface area (Å²) in [5, 5.41) is 4.53. The molecule has 1 aromatic heterocycles. The van der Waals surface area contributed by atoms with Crippen molar-refractivity contribution < 1.29 is 18.8 Å². The van der Waals surface area contributed by atoms with Gasteiger partial charge >= 0.3 is 7.12 Å². The zero-order chi connectivity index (χ0) is 29.2. The number of rotatable bonds is 10. The number of methoxy groups -OCH3 is 1. The second-order valence-electron chi connectivity index (χ2n) is 12.8. The summed E-state index contributed by atoms with van der Waals surface area (Å²) in [7, 11) is 1.21. The Hall–Kier alpha value is -3.10. The molecule has 2 aliphatic rings. The number of ether oxygens (including phenoxy) is 1. The smallest absolute Gasteiger partial charge is 0.494 e. The molecule has 2 heterocycles. The van der Waals surface area contributed by atoms with Gasteiger partial charge in [-0.15, -0.1) is 0 Å². The van der Waals surface area contributed by atoms with Crippen molar-refractivity contribution in [3.63, 3.8) is 0 Å². The SMILES string of the molecule is COc1ccc(CNc2nc3ccc(B4OC(C)(C)C(C)(C)O4)cc3cc2CC(CC2CCCCC2)C(N)=O)cc1. The van der Waals surface area contributed by atoms with Gasteiger partial charge < -0.3 is 25.1 Å². The number of carbonyl (C=O) groups excluding carboxylic acids is 1. The van der Waals surface area contributed by atoms with Gasteiger partial charge in [-0.3, -0.25) is 4.79 Å². The average molecular weight is 558 g/mol. The number of hydrogen-bond acceptors (Lipinski definition) is 6. The number of aromatic nitrogens is 1. The number of nitrogens with zero attached hydrogens (tertiary/aromatic N) is 1. The summed E-state index contributed by atoms with van der Waals surface area (Å²) < 4.78 is 17.9. The van der Waals surface area contributed by atoms with Crippen LogP contribution >= 0.6 is 0 Å². The summed E-state index contributed by atoms with van der Waals surface area (Å²) in [5.41, 5.74) is 9.09. The first-order chi connectivity index (χ1) is 19.5. The van der Waals surface area contributed by atoms with Gasteiger partial charge in [0.2, 0.25) is 5.91 Å². The van der Waals surface area contributed by atoms with E-state index in [-0.39, 0.29) is 11.8 Å². The van der Waals surface area contributed by atoms with Crippen molar-refractivity contribution in [1.82, 2.24) is 4.98 Å². The van der Waals surface area contributed by atoms with Crippen LogP contribution in [0.3, 0.4) is 0 Å². The number of fused-ring (bicyclic) bond motifs is 1. The van der Waals surface area contributed by atoms with Crippen LogP contribution in [0.5, 0.6) is 5.75 Å². The molecule has 0 bridgehead atoms. The van der Waals surface area contributed by atoms with Crippen LogP contribution in [0.4, 0.5) is 5.82 Å². The van der Waals surface area contributed by atoms with E-state index < -0.39 is 18.3 Å². The van der Waals surface area contributed by atoms with Crippen molar-refractivity contribution in [3.8, 4) is 5.75 Å². The van der Waals surface area contributed by atoms with E-state index in [9.17, 15) is 4.79 Å². The Bertz CT molecular complexity index is 1350. The molecule has 3 aromatic rings. The summed E-state index contributed by atoms with van der Waals surface area (Å²) in [5.74, 6) is 1.70. The summed E-state index contributed by atoms with van der Waals surface area (Å²) in [4.78, 5) is 17.7. The van der Waals surface area contributed by atoms with Crippen LogP contribution in [0.2, 0.25) is 0 Å². The van der Waals surface area contributed by atoms with Gasteiger partial charge in [0.15, 0.2) is 0 Å². The standard InChI is InChI=1S/C33H44BN3O4/c1-32(2)33(3,4)41-34(40-32)27-13-16-29-24(20-27)18-26(19-25(30(35)38)17-22-9-7-6-8-10-22)31(37-29)36-21-23-11-14-28(39-5)15-12-23/h11-16,18,20,22,25H,6-10,17,19,21H2,1-5H3,(H2,35,38)(H,36,37). The minimum absolute atomic E-state index is 0.231. The van der Waals surface area contributed by atoms with Crippen molar-refractivity contribution in [2.45, 2.75) is 90.4 Å². The summed E-state index contributed by atoms with van der Waals surface area (Å²) in [6.45, 7) is 8.84. The van der Waals surface area contributed by atoms with Gasteiger partial charge in [-0.1, -0.05) is 56.4 Å². The van der Waals surface area contributed by atoms with E-state index in [1.54, 1.807) is 7.11 Å². The van der Waals surface area contributed by atoms with Crippen LogP contribution in [0.1, 0.15) is 77.3 Å². The number of hydrogen-bond donors (Lipinski definition) is 2. The molecule has 5 rings (SSSR count). The number of primary amides is 1. The molecule has 2 aromatic carbocycles. The fourth-order valence-corrected chi connectivity index (χ4v) is 5.99. The van der Waals surface area contributed by atoms with E-state index in [0.29, 0.717) is 18.9 Å². The number of pyridine rings is 1. The molecule has 1 amide bonds. The summed E-state index contributed by atoms with van der Waals surface area (Å²) >= 11 is 0. The van der Waals surface area contributed by atoms with Gasteiger partial charge in [-0.2, -0.15) is 0 Å². The third-order valence-electron chi connectivity index (χ3n) is 9.27. The number of amides is 1. The van der Waals surface area contributed by atoms with Gasteiger partial charge in [-0.05, 0) is 87.3 Å². The van der Waals surface area contributed by atoms with Crippen LogP contribution in [0.15, 0.2) is 48.5 Å². The fourth-order valence-electron chi connectivity index (χ4n) is 5.99. The van der Waals surface area contributed by atoms with E-state index in [4.69, 9.17) is 24.8 Å². The zero-order valence-electron chi connectivity index (χ0n) is 25.2. The predicted molar refractivity (Wildman–Crippen MR) is 165 cm³/mol. The van der Waals surface area contributed by atoms with Crippen molar-refractivity contribution in [2.75, 3.05) is 12.4 Å². The van der Waals surface area contributed by atoms with Crippen LogP contribution < -0.4 is 21.3 Å². The van der Waals surface area contributed by atoms with E-state index in [2.05, 4.69) is 45.1 Å². The van der Waals surface area contributed by atoms with E-state index >= 15 is 0 Å².